The number of hydrogen-bond acceptors (Lipinski definition) is 3. The molecule has 3 nitrogen and oxygen atoms in total. The summed E-state index contributed by atoms with van der Waals surface area (Å²) >= 11 is 0. The molecule has 0 aliphatic carbocycles. The zero-order valence-corrected chi connectivity index (χ0v) is 6.12. The fourth-order valence-corrected chi connectivity index (χ4v) is 0.933. The second-order valence-corrected chi connectivity index (χ2v) is 2.33. The molecule has 1 aromatic rings. The highest BCUT2D eigenvalue weighted by Crippen LogP contribution is 2.24. The maximum absolute atomic E-state index is 9.29. The summed E-state index contributed by atoms with van der Waals surface area (Å²) in [7, 11) is 0. The molecule has 3 heteroatoms. The van der Waals surface area contributed by atoms with Gasteiger partial charge in [-0.25, -0.2) is 0 Å². The maximum atomic E-state index is 9.29. The van der Waals surface area contributed by atoms with Gasteiger partial charge in [0.25, 0.3) is 0 Å². The third-order valence-electron chi connectivity index (χ3n) is 1.53. The number of aromatic hydroxyl groups is 1. The number of aliphatic hydroxyl groups excluding tert-OH is 1. The molecule has 0 saturated carbocycles. The van der Waals surface area contributed by atoms with Crippen LogP contribution in [0.5, 0.6) is 5.75 Å². The molecule has 0 spiro atoms. The molecule has 0 aliphatic rings. The lowest BCUT2D eigenvalue weighted by atomic mass is 10.1. The van der Waals surface area contributed by atoms with E-state index in [0.717, 1.165) is 0 Å². The second kappa shape index (κ2) is 3.25. The van der Waals surface area contributed by atoms with Crippen LogP contribution in [0.1, 0.15) is 5.56 Å². The van der Waals surface area contributed by atoms with Gasteiger partial charge in [-0.3, -0.25) is 0 Å². The maximum Gasteiger partial charge on any atom is 0.141 e. The lowest BCUT2D eigenvalue weighted by molar-refractivity contribution is 0.297. The van der Waals surface area contributed by atoms with E-state index in [1.54, 1.807) is 18.2 Å². The summed E-state index contributed by atoms with van der Waals surface area (Å²) in [5, 5.41) is 17.9. The van der Waals surface area contributed by atoms with Crippen LogP contribution in [0.3, 0.4) is 0 Å². The van der Waals surface area contributed by atoms with Crippen molar-refractivity contribution in [2.24, 2.45) is 0 Å². The van der Waals surface area contributed by atoms with Gasteiger partial charge in [0.1, 0.15) is 5.75 Å². The van der Waals surface area contributed by atoms with E-state index in [4.69, 9.17) is 10.8 Å². The van der Waals surface area contributed by atoms with Crippen LogP contribution < -0.4 is 5.73 Å². The Labute approximate surface area is 65.1 Å². The van der Waals surface area contributed by atoms with E-state index in [0.29, 0.717) is 17.7 Å². The van der Waals surface area contributed by atoms with E-state index >= 15 is 0 Å². The molecule has 0 unspecified atom stereocenters. The minimum absolute atomic E-state index is 0.0248. The fraction of sp³-hybridized carbons (Fsp3) is 0.250. The highest BCUT2D eigenvalue weighted by Gasteiger charge is 2.01. The first kappa shape index (κ1) is 7.88. The van der Waals surface area contributed by atoms with Crippen molar-refractivity contribution in [2.45, 2.75) is 6.42 Å². The quantitative estimate of drug-likeness (QED) is 0.428. The molecule has 0 aliphatic heterocycles. The molecule has 0 aromatic heterocycles. The van der Waals surface area contributed by atoms with Crippen molar-refractivity contribution in [2.75, 3.05) is 12.3 Å². The van der Waals surface area contributed by atoms with Crippen LogP contribution in [0.15, 0.2) is 18.2 Å². The van der Waals surface area contributed by atoms with Crippen molar-refractivity contribution in [1.29, 1.82) is 0 Å². The van der Waals surface area contributed by atoms with Crippen LogP contribution in [-0.4, -0.2) is 16.8 Å². The molecule has 0 bridgehead atoms. The summed E-state index contributed by atoms with van der Waals surface area (Å²) < 4.78 is 0. The fourth-order valence-electron chi connectivity index (χ4n) is 0.933. The molecule has 0 atom stereocenters. The molecule has 4 N–H and O–H groups in total. The van der Waals surface area contributed by atoms with Crippen LogP contribution in [0.2, 0.25) is 0 Å². The molecule has 1 aromatic carbocycles. The van der Waals surface area contributed by atoms with Gasteiger partial charge >= 0.3 is 0 Å². The number of hydrogen-bond donors (Lipinski definition) is 3. The molecular weight excluding hydrogens is 142 g/mol. The Morgan fingerprint density at radius 3 is 2.73 bits per heavy atom. The summed E-state index contributed by atoms with van der Waals surface area (Å²) in [5.41, 5.74) is 6.46. The van der Waals surface area contributed by atoms with Crippen LogP contribution in [0, 0.1) is 0 Å². The highest BCUT2D eigenvalue weighted by atomic mass is 16.3. The summed E-state index contributed by atoms with van der Waals surface area (Å²) in [4.78, 5) is 0. The molecule has 0 fully saturated rings. The average Bonchev–Trinajstić information content (AvgIpc) is 1.99. The third kappa shape index (κ3) is 1.62. The Kier molecular flexibility index (Phi) is 2.33. The number of nitrogens with two attached hydrogens (primary N) is 1. The van der Waals surface area contributed by atoms with Gasteiger partial charge < -0.3 is 15.9 Å². The predicted octanol–water partition coefficient (Wildman–Crippen LogP) is 0.509. The van der Waals surface area contributed by atoms with E-state index in [1.165, 1.54) is 0 Å². The molecule has 11 heavy (non-hydrogen) atoms. The zero-order valence-electron chi connectivity index (χ0n) is 6.12. The SMILES string of the molecule is Nc1cccc(CCO)c1O. The standard InChI is InChI=1S/C8H11NO2/c9-7-3-1-2-6(4-5-10)8(7)11/h1-3,10-11H,4-5,9H2. The minimum atomic E-state index is 0.0248. The van der Waals surface area contributed by atoms with Gasteiger partial charge in [0.05, 0.1) is 5.69 Å². The minimum Gasteiger partial charge on any atom is -0.506 e. The Hall–Kier alpha value is -1.22. The van der Waals surface area contributed by atoms with Crippen molar-refractivity contribution in [3.05, 3.63) is 23.8 Å². The molecule has 0 saturated heterocycles. The first-order valence-corrected chi connectivity index (χ1v) is 3.43. The van der Waals surface area contributed by atoms with Crippen molar-refractivity contribution < 1.29 is 10.2 Å². The first-order valence-electron chi connectivity index (χ1n) is 3.43. The largest absolute Gasteiger partial charge is 0.506 e. The topological polar surface area (TPSA) is 66.5 Å². The predicted molar refractivity (Wildman–Crippen MR) is 43.3 cm³/mol. The van der Waals surface area contributed by atoms with E-state index in [2.05, 4.69) is 0 Å². The summed E-state index contributed by atoms with van der Waals surface area (Å²) in [6, 6.07) is 5.11. The van der Waals surface area contributed by atoms with Crippen LogP contribution in [0.4, 0.5) is 5.69 Å². The Bertz CT molecular complexity index is 248. The first-order chi connectivity index (χ1) is 5.25. The van der Waals surface area contributed by atoms with E-state index in [9.17, 15) is 5.11 Å². The molecule has 0 amide bonds. The van der Waals surface area contributed by atoms with Gasteiger partial charge in [0.15, 0.2) is 0 Å². The van der Waals surface area contributed by atoms with Gasteiger partial charge in [0.2, 0.25) is 0 Å². The van der Waals surface area contributed by atoms with Crippen LogP contribution in [0.25, 0.3) is 0 Å². The van der Waals surface area contributed by atoms with Crippen molar-refractivity contribution in [3.63, 3.8) is 0 Å². The molecule has 0 heterocycles. The number of benzene rings is 1. The average molecular weight is 153 g/mol. The summed E-state index contributed by atoms with van der Waals surface area (Å²) in [6.07, 6.45) is 0.441. The Balaban J connectivity index is 2.96. The monoisotopic (exact) mass is 153 g/mol. The van der Waals surface area contributed by atoms with Gasteiger partial charge in [-0.05, 0) is 18.1 Å². The molecular formula is C8H11NO2. The number of para-hydroxylation sites is 1. The van der Waals surface area contributed by atoms with Crippen LogP contribution >= 0.6 is 0 Å². The lowest BCUT2D eigenvalue weighted by Gasteiger charge is -2.03. The van der Waals surface area contributed by atoms with Crippen LogP contribution in [-0.2, 0) is 6.42 Å². The van der Waals surface area contributed by atoms with Gasteiger partial charge in [-0.1, -0.05) is 12.1 Å². The molecule has 1 rings (SSSR count). The van der Waals surface area contributed by atoms with Crippen molar-refractivity contribution in [3.8, 4) is 5.75 Å². The van der Waals surface area contributed by atoms with Crippen molar-refractivity contribution >= 4 is 5.69 Å². The number of anilines is 1. The number of phenolic OH excluding ortho intramolecular Hbond substituents is 1. The van der Waals surface area contributed by atoms with E-state index < -0.39 is 0 Å². The smallest absolute Gasteiger partial charge is 0.141 e. The van der Waals surface area contributed by atoms with Gasteiger partial charge in [-0.15, -0.1) is 0 Å². The van der Waals surface area contributed by atoms with Gasteiger partial charge in [0, 0.05) is 6.61 Å². The Morgan fingerprint density at radius 1 is 1.36 bits per heavy atom. The summed E-state index contributed by atoms with van der Waals surface area (Å²) in [5.74, 6) is 0.0848. The number of nitrogen functional groups attached to an aromatic ring is 1. The highest BCUT2D eigenvalue weighted by molar-refractivity contribution is 5.55. The number of rotatable bonds is 2. The van der Waals surface area contributed by atoms with Gasteiger partial charge in [-0.2, -0.15) is 0 Å². The third-order valence-corrected chi connectivity index (χ3v) is 1.53. The lowest BCUT2D eigenvalue weighted by Crippen LogP contribution is -1.94. The van der Waals surface area contributed by atoms with Crippen molar-refractivity contribution in [1.82, 2.24) is 0 Å². The summed E-state index contributed by atoms with van der Waals surface area (Å²) in [6.45, 7) is 0.0248. The zero-order chi connectivity index (χ0) is 8.27. The van der Waals surface area contributed by atoms with E-state index in [-0.39, 0.29) is 12.4 Å². The number of aliphatic hydroxyl groups is 1. The molecule has 0 radical (unpaired) electrons. The molecule has 60 valence electrons. The second-order valence-electron chi connectivity index (χ2n) is 2.33. The van der Waals surface area contributed by atoms with E-state index in [1.807, 2.05) is 0 Å². The number of phenols is 1. The Morgan fingerprint density at radius 2 is 2.09 bits per heavy atom. The normalized spacial score (nSPS) is 9.91.